The first-order valence-electron chi connectivity index (χ1n) is 5.72. The number of nitrogens with zero attached hydrogens (tertiary/aromatic N) is 1. The molecule has 0 aliphatic heterocycles. The molecule has 1 aliphatic rings. The molecular formula is C12H16N2O2S. The minimum Gasteiger partial charge on any atom is -0.469 e. The van der Waals surface area contributed by atoms with Crippen molar-refractivity contribution >= 4 is 23.1 Å². The van der Waals surface area contributed by atoms with E-state index < -0.39 is 0 Å². The van der Waals surface area contributed by atoms with Gasteiger partial charge in [-0.3, -0.25) is 4.79 Å². The zero-order valence-electron chi connectivity index (χ0n) is 9.81. The Bertz CT molecular complexity index is 437. The van der Waals surface area contributed by atoms with Gasteiger partial charge in [0.15, 0.2) is 0 Å². The third-order valence-electron chi connectivity index (χ3n) is 2.83. The summed E-state index contributed by atoms with van der Waals surface area (Å²) in [5.74, 6) is 0.763. The van der Waals surface area contributed by atoms with Crippen LogP contribution in [0.3, 0.4) is 0 Å². The number of hydrogen-bond acceptors (Lipinski definition) is 3. The Morgan fingerprint density at radius 2 is 2.35 bits per heavy atom. The Balaban J connectivity index is 2.05. The molecule has 1 amide bonds. The minimum atomic E-state index is 0.0144. The van der Waals surface area contributed by atoms with Crippen molar-refractivity contribution in [1.82, 2.24) is 4.90 Å². The summed E-state index contributed by atoms with van der Waals surface area (Å²) in [5.41, 5.74) is 6.09. The number of amides is 1. The average molecular weight is 252 g/mol. The Labute approximate surface area is 106 Å². The smallest absolute Gasteiger partial charge is 0.257 e. The quantitative estimate of drug-likeness (QED) is 0.813. The summed E-state index contributed by atoms with van der Waals surface area (Å²) in [6.07, 6.45) is 4.22. The molecule has 1 fully saturated rings. The van der Waals surface area contributed by atoms with Gasteiger partial charge >= 0.3 is 0 Å². The van der Waals surface area contributed by atoms with Gasteiger partial charge in [0.2, 0.25) is 0 Å². The first kappa shape index (κ1) is 12.1. The van der Waals surface area contributed by atoms with Crippen molar-refractivity contribution in [2.75, 3.05) is 6.54 Å². The lowest BCUT2D eigenvalue weighted by Gasteiger charge is -2.21. The van der Waals surface area contributed by atoms with E-state index in [1.807, 2.05) is 11.8 Å². The van der Waals surface area contributed by atoms with Crippen LogP contribution in [0.15, 0.2) is 16.7 Å². The molecule has 1 saturated carbocycles. The zero-order valence-corrected chi connectivity index (χ0v) is 10.6. The molecule has 0 spiro atoms. The summed E-state index contributed by atoms with van der Waals surface area (Å²) in [6.45, 7) is 2.43. The van der Waals surface area contributed by atoms with Crippen LogP contribution in [0.25, 0.3) is 0 Å². The fourth-order valence-electron chi connectivity index (χ4n) is 1.79. The lowest BCUT2D eigenvalue weighted by atomic mass is 10.2. The summed E-state index contributed by atoms with van der Waals surface area (Å²) in [7, 11) is 0. The maximum absolute atomic E-state index is 12.2. The molecule has 17 heavy (non-hydrogen) atoms. The third-order valence-corrected chi connectivity index (χ3v) is 3.03. The van der Waals surface area contributed by atoms with Crippen molar-refractivity contribution in [3.8, 4) is 0 Å². The summed E-state index contributed by atoms with van der Waals surface area (Å²) in [6, 6.07) is 2.12. The molecule has 0 aromatic carbocycles. The lowest BCUT2D eigenvalue weighted by Crippen LogP contribution is -2.35. The standard InChI is InChI=1S/C12H16N2O2S/c1-8-6-9(7-16-8)12(15)14(10-2-3-10)5-4-11(13)17/h6-7,10H,2-5H2,1H3,(H2,13,17). The number of carbonyl (C=O) groups excluding carboxylic acids is 1. The number of rotatable bonds is 5. The SMILES string of the molecule is Cc1cc(C(=O)N(CCC(N)=S)C2CC2)co1. The molecular weight excluding hydrogens is 236 g/mol. The van der Waals surface area contributed by atoms with Crippen molar-refractivity contribution in [3.05, 3.63) is 23.7 Å². The van der Waals surface area contributed by atoms with E-state index in [2.05, 4.69) is 0 Å². The summed E-state index contributed by atoms with van der Waals surface area (Å²) in [4.78, 5) is 14.5. The molecule has 0 bridgehead atoms. The number of carbonyl (C=O) groups is 1. The highest BCUT2D eigenvalue weighted by Crippen LogP contribution is 2.28. The highest BCUT2D eigenvalue weighted by molar-refractivity contribution is 7.80. The molecule has 0 unspecified atom stereocenters. The maximum atomic E-state index is 12.2. The minimum absolute atomic E-state index is 0.0144. The molecule has 1 aromatic rings. The van der Waals surface area contributed by atoms with Crippen LogP contribution < -0.4 is 5.73 Å². The van der Waals surface area contributed by atoms with E-state index in [0.29, 0.717) is 29.6 Å². The third kappa shape index (κ3) is 3.06. The molecule has 1 aromatic heterocycles. The van der Waals surface area contributed by atoms with Crippen LogP contribution in [0.4, 0.5) is 0 Å². The number of nitrogens with two attached hydrogens (primary N) is 1. The van der Waals surface area contributed by atoms with E-state index in [0.717, 1.165) is 18.6 Å². The molecule has 4 nitrogen and oxygen atoms in total. The Kier molecular flexibility index (Phi) is 3.47. The number of furan rings is 1. The van der Waals surface area contributed by atoms with Gasteiger partial charge in [-0.15, -0.1) is 0 Å². The predicted molar refractivity (Wildman–Crippen MR) is 68.9 cm³/mol. The summed E-state index contributed by atoms with van der Waals surface area (Å²) in [5, 5.41) is 0. The lowest BCUT2D eigenvalue weighted by molar-refractivity contribution is 0.0747. The highest BCUT2D eigenvalue weighted by atomic mass is 32.1. The Morgan fingerprint density at radius 3 is 2.82 bits per heavy atom. The van der Waals surface area contributed by atoms with Gasteiger partial charge in [0, 0.05) is 19.0 Å². The first-order valence-corrected chi connectivity index (χ1v) is 6.13. The number of aryl methyl sites for hydroxylation is 1. The van der Waals surface area contributed by atoms with Gasteiger partial charge in [-0.25, -0.2) is 0 Å². The zero-order chi connectivity index (χ0) is 12.4. The summed E-state index contributed by atoms with van der Waals surface area (Å²) >= 11 is 4.85. The van der Waals surface area contributed by atoms with Gasteiger partial charge in [-0.05, 0) is 25.8 Å². The molecule has 0 atom stereocenters. The topological polar surface area (TPSA) is 59.5 Å². The molecule has 92 valence electrons. The van der Waals surface area contributed by atoms with E-state index in [9.17, 15) is 4.79 Å². The Morgan fingerprint density at radius 1 is 1.65 bits per heavy atom. The fraction of sp³-hybridized carbons (Fsp3) is 0.500. The highest BCUT2D eigenvalue weighted by Gasteiger charge is 2.33. The van der Waals surface area contributed by atoms with Crippen LogP contribution >= 0.6 is 12.2 Å². The van der Waals surface area contributed by atoms with Gasteiger partial charge in [-0.2, -0.15) is 0 Å². The normalized spacial score (nSPS) is 14.6. The van der Waals surface area contributed by atoms with Crippen molar-refractivity contribution in [2.45, 2.75) is 32.2 Å². The maximum Gasteiger partial charge on any atom is 0.257 e. The molecule has 2 rings (SSSR count). The second kappa shape index (κ2) is 4.87. The van der Waals surface area contributed by atoms with Crippen LogP contribution in [0.2, 0.25) is 0 Å². The van der Waals surface area contributed by atoms with Gasteiger partial charge < -0.3 is 15.1 Å². The largest absolute Gasteiger partial charge is 0.469 e. The van der Waals surface area contributed by atoms with E-state index >= 15 is 0 Å². The van der Waals surface area contributed by atoms with Crippen molar-refractivity contribution in [3.63, 3.8) is 0 Å². The van der Waals surface area contributed by atoms with Crippen LogP contribution in [-0.2, 0) is 0 Å². The number of thiocarbonyl (C=S) groups is 1. The van der Waals surface area contributed by atoms with Gasteiger partial charge in [0.25, 0.3) is 5.91 Å². The van der Waals surface area contributed by atoms with Crippen LogP contribution in [0.1, 0.15) is 35.4 Å². The molecule has 1 aliphatic carbocycles. The molecule has 2 N–H and O–H groups in total. The van der Waals surface area contributed by atoms with Crippen molar-refractivity contribution in [2.24, 2.45) is 5.73 Å². The van der Waals surface area contributed by atoms with E-state index in [4.69, 9.17) is 22.4 Å². The van der Waals surface area contributed by atoms with Crippen molar-refractivity contribution in [1.29, 1.82) is 0 Å². The number of hydrogen-bond donors (Lipinski definition) is 1. The van der Waals surface area contributed by atoms with Gasteiger partial charge in [0.05, 0.1) is 10.6 Å². The van der Waals surface area contributed by atoms with E-state index in [1.165, 1.54) is 6.26 Å². The van der Waals surface area contributed by atoms with E-state index in [1.54, 1.807) is 6.07 Å². The first-order chi connectivity index (χ1) is 8.08. The van der Waals surface area contributed by atoms with E-state index in [-0.39, 0.29) is 5.91 Å². The molecule has 0 radical (unpaired) electrons. The average Bonchev–Trinajstić information content (AvgIpc) is 3.00. The monoisotopic (exact) mass is 252 g/mol. The van der Waals surface area contributed by atoms with Crippen LogP contribution in [-0.4, -0.2) is 28.4 Å². The Hall–Kier alpha value is -1.36. The molecule has 5 heteroatoms. The van der Waals surface area contributed by atoms with Crippen LogP contribution in [0, 0.1) is 6.92 Å². The summed E-state index contributed by atoms with van der Waals surface area (Å²) < 4.78 is 5.16. The molecule has 1 heterocycles. The van der Waals surface area contributed by atoms with Gasteiger partial charge in [-0.1, -0.05) is 12.2 Å². The second-order valence-corrected chi connectivity index (χ2v) is 4.92. The molecule has 0 saturated heterocycles. The van der Waals surface area contributed by atoms with Crippen LogP contribution in [0.5, 0.6) is 0 Å². The van der Waals surface area contributed by atoms with Crippen molar-refractivity contribution < 1.29 is 9.21 Å². The predicted octanol–water partition coefficient (Wildman–Crippen LogP) is 1.87. The second-order valence-electron chi connectivity index (χ2n) is 4.39. The fourth-order valence-corrected chi connectivity index (χ4v) is 1.88. The van der Waals surface area contributed by atoms with Gasteiger partial charge in [0.1, 0.15) is 12.0 Å².